The lowest BCUT2D eigenvalue weighted by molar-refractivity contribution is 0.0941. The number of nitrogens with one attached hydrogen (secondary N) is 1. The summed E-state index contributed by atoms with van der Waals surface area (Å²) in [7, 11) is 2.97. The van der Waals surface area contributed by atoms with Crippen LogP contribution in [-0.2, 0) is 13.8 Å². The molecule has 1 amide bonds. The molecule has 0 unspecified atom stereocenters. The number of carbonyl (C=O) groups excluding carboxylic acids is 1. The van der Waals surface area contributed by atoms with Gasteiger partial charge < -0.3 is 10.1 Å². The number of thiophene rings is 1. The molecule has 0 aliphatic carbocycles. The zero-order valence-electron chi connectivity index (χ0n) is 9.32. The van der Waals surface area contributed by atoms with E-state index in [4.69, 9.17) is 15.4 Å². The van der Waals surface area contributed by atoms with Crippen molar-refractivity contribution in [2.75, 3.05) is 20.3 Å². The van der Waals surface area contributed by atoms with Gasteiger partial charge in [-0.25, -0.2) is 8.42 Å². The third-order valence-electron chi connectivity index (χ3n) is 1.95. The highest BCUT2D eigenvalue weighted by atomic mass is 35.7. The second kappa shape index (κ2) is 5.81. The number of methoxy groups -OCH3 is 1. The zero-order chi connectivity index (χ0) is 13.1. The molecule has 0 aromatic carbocycles. The molecule has 0 aliphatic heterocycles. The first kappa shape index (κ1) is 14.4. The van der Waals surface area contributed by atoms with E-state index in [-0.39, 0.29) is 10.8 Å². The molecule has 0 atom stereocenters. The van der Waals surface area contributed by atoms with Gasteiger partial charge in [0, 0.05) is 29.2 Å². The Hall–Kier alpha value is -0.630. The Kier molecular flexibility index (Phi) is 4.93. The van der Waals surface area contributed by atoms with Crippen molar-refractivity contribution in [1.29, 1.82) is 0 Å². The lowest BCUT2D eigenvalue weighted by Crippen LogP contribution is -2.26. The van der Waals surface area contributed by atoms with Crippen LogP contribution in [0.5, 0.6) is 0 Å². The monoisotopic (exact) mass is 297 g/mol. The van der Waals surface area contributed by atoms with E-state index in [0.29, 0.717) is 22.9 Å². The zero-order valence-corrected chi connectivity index (χ0v) is 11.7. The third kappa shape index (κ3) is 3.95. The Morgan fingerprint density at radius 1 is 1.59 bits per heavy atom. The summed E-state index contributed by atoms with van der Waals surface area (Å²) in [5.41, 5.74) is 0. The molecule has 0 saturated heterocycles. The highest BCUT2D eigenvalue weighted by molar-refractivity contribution is 8.13. The molecule has 0 bridgehead atoms. The van der Waals surface area contributed by atoms with Crippen molar-refractivity contribution in [3.05, 3.63) is 15.8 Å². The highest BCUT2D eigenvalue weighted by Gasteiger charge is 2.19. The SMILES string of the molecule is COCCNC(=O)c1cc(S(=O)(=O)Cl)c(C)s1. The van der Waals surface area contributed by atoms with Crippen molar-refractivity contribution in [1.82, 2.24) is 5.32 Å². The van der Waals surface area contributed by atoms with Crippen molar-refractivity contribution in [2.45, 2.75) is 11.8 Å². The van der Waals surface area contributed by atoms with Crippen molar-refractivity contribution < 1.29 is 17.9 Å². The number of ether oxygens (including phenoxy) is 1. The summed E-state index contributed by atoms with van der Waals surface area (Å²) in [6.45, 7) is 2.37. The van der Waals surface area contributed by atoms with E-state index in [1.165, 1.54) is 13.2 Å². The van der Waals surface area contributed by atoms with Crippen molar-refractivity contribution in [2.24, 2.45) is 0 Å². The Morgan fingerprint density at radius 2 is 2.24 bits per heavy atom. The fourth-order valence-electron chi connectivity index (χ4n) is 1.17. The van der Waals surface area contributed by atoms with E-state index in [0.717, 1.165) is 11.3 Å². The topological polar surface area (TPSA) is 72.5 Å². The summed E-state index contributed by atoms with van der Waals surface area (Å²) >= 11 is 1.09. The maximum absolute atomic E-state index is 11.6. The molecule has 0 aliphatic rings. The fourth-order valence-corrected chi connectivity index (χ4v) is 3.75. The van der Waals surface area contributed by atoms with Crippen LogP contribution in [0.4, 0.5) is 0 Å². The van der Waals surface area contributed by atoms with Crippen LogP contribution >= 0.6 is 22.0 Å². The van der Waals surface area contributed by atoms with E-state index in [1.807, 2.05) is 0 Å². The van der Waals surface area contributed by atoms with E-state index in [2.05, 4.69) is 5.32 Å². The predicted octanol–water partition coefficient (Wildman–Crippen LogP) is 1.36. The average molecular weight is 298 g/mol. The van der Waals surface area contributed by atoms with Gasteiger partial charge in [-0.15, -0.1) is 11.3 Å². The van der Waals surface area contributed by atoms with Gasteiger partial charge in [-0.1, -0.05) is 0 Å². The molecule has 96 valence electrons. The van der Waals surface area contributed by atoms with Crippen LogP contribution < -0.4 is 5.32 Å². The van der Waals surface area contributed by atoms with Crippen LogP contribution in [0.25, 0.3) is 0 Å². The molecule has 5 nitrogen and oxygen atoms in total. The Labute approximate surface area is 108 Å². The molecule has 0 saturated carbocycles. The van der Waals surface area contributed by atoms with Crippen LogP contribution in [0.15, 0.2) is 11.0 Å². The van der Waals surface area contributed by atoms with Crippen LogP contribution in [-0.4, -0.2) is 34.6 Å². The van der Waals surface area contributed by atoms with Gasteiger partial charge >= 0.3 is 0 Å². The van der Waals surface area contributed by atoms with Crippen molar-refractivity contribution in [3.63, 3.8) is 0 Å². The standard InChI is InChI=1S/C9H12ClNO4S2/c1-6-8(17(10,13)14)5-7(16-6)9(12)11-3-4-15-2/h5H,3-4H2,1-2H3,(H,11,12). The average Bonchev–Trinajstić information content (AvgIpc) is 2.60. The van der Waals surface area contributed by atoms with Gasteiger partial charge in [0.1, 0.15) is 0 Å². The molecular weight excluding hydrogens is 286 g/mol. The Morgan fingerprint density at radius 3 is 2.71 bits per heavy atom. The van der Waals surface area contributed by atoms with E-state index in [1.54, 1.807) is 6.92 Å². The number of carbonyl (C=O) groups is 1. The first-order chi connectivity index (χ1) is 7.86. The number of aryl methyl sites for hydroxylation is 1. The predicted molar refractivity (Wildman–Crippen MR) is 66.3 cm³/mol. The molecule has 1 aromatic rings. The number of hydrogen-bond acceptors (Lipinski definition) is 5. The third-order valence-corrected chi connectivity index (χ3v) is 4.58. The quantitative estimate of drug-likeness (QED) is 0.658. The normalized spacial score (nSPS) is 11.5. The van der Waals surface area contributed by atoms with Gasteiger partial charge in [0.05, 0.1) is 16.4 Å². The fraction of sp³-hybridized carbons (Fsp3) is 0.444. The number of amides is 1. The molecule has 1 rings (SSSR count). The summed E-state index contributed by atoms with van der Waals surface area (Å²) in [4.78, 5) is 12.4. The molecule has 0 radical (unpaired) electrons. The van der Waals surface area contributed by atoms with Gasteiger partial charge in [-0.2, -0.15) is 0 Å². The molecule has 0 fully saturated rings. The molecular formula is C9H12ClNO4S2. The Bertz CT molecular complexity index is 509. The molecule has 1 aromatic heterocycles. The van der Waals surface area contributed by atoms with Crippen LogP contribution in [0.2, 0.25) is 0 Å². The van der Waals surface area contributed by atoms with E-state index < -0.39 is 9.05 Å². The van der Waals surface area contributed by atoms with Crippen LogP contribution in [0, 0.1) is 6.92 Å². The first-order valence-corrected chi connectivity index (χ1v) is 7.81. The molecule has 8 heteroatoms. The maximum Gasteiger partial charge on any atom is 0.262 e. The minimum Gasteiger partial charge on any atom is -0.383 e. The van der Waals surface area contributed by atoms with Gasteiger partial charge in [0.2, 0.25) is 0 Å². The minimum atomic E-state index is -3.79. The summed E-state index contributed by atoms with van der Waals surface area (Å²) in [5.74, 6) is -0.332. The molecule has 1 heterocycles. The highest BCUT2D eigenvalue weighted by Crippen LogP contribution is 2.28. The van der Waals surface area contributed by atoms with Crippen molar-refractivity contribution >= 4 is 37.0 Å². The number of halogens is 1. The number of rotatable bonds is 5. The second-order valence-electron chi connectivity index (χ2n) is 3.22. The van der Waals surface area contributed by atoms with Crippen LogP contribution in [0.3, 0.4) is 0 Å². The van der Waals surface area contributed by atoms with E-state index >= 15 is 0 Å². The number of hydrogen-bond donors (Lipinski definition) is 1. The van der Waals surface area contributed by atoms with E-state index in [9.17, 15) is 13.2 Å². The summed E-state index contributed by atoms with van der Waals surface area (Å²) < 4.78 is 27.1. The summed E-state index contributed by atoms with van der Waals surface area (Å²) in [5, 5.41) is 2.60. The summed E-state index contributed by atoms with van der Waals surface area (Å²) in [6, 6.07) is 1.28. The first-order valence-electron chi connectivity index (χ1n) is 4.68. The van der Waals surface area contributed by atoms with Gasteiger partial charge in [-0.05, 0) is 13.0 Å². The molecule has 1 N–H and O–H groups in total. The molecule has 0 spiro atoms. The Balaban J connectivity index is 2.83. The smallest absolute Gasteiger partial charge is 0.262 e. The largest absolute Gasteiger partial charge is 0.383 e. The van der Waals surface area contributed by atoms with Gasteiger partial charge in [0.25, 0.3) is 15.0 Å². The van der Waals surface area contributed by atoms with Crippen LogP contribution in [0.1, 0.15) is 14.5 Å². The minimum absolute atomic E-state index is 0.0129. The second-order valence-corrected chi connectivity index (χ2v) is 7.01. The summed E-state index contributed by atoms with van der Waals surface area (Å²) in [6.07, 6.45) is 0. The molecule has 17 heavy (non-hydrogen) atoms. The lowest BCUT2D eigenvalue weighted by Gasteiger charge is -2.01. The lowest BCUT2D eigenvalue weighted by atomic mass is 10.4. The van der Waals surface area contributed by atoms with Gasteiger partial charge in [-0.3, -0.25) is 4.79 Å². The van der Waals surface area contributed by atoms with Crippen molar-refractivity contribution in [3.8, 4) is 0 Å². The van der Waals surface area contributed by atoms with Gasteiger partial charge in [0.15, 0.2) is 0 Å². The maximum atomic E-state index is 11.6.